The van der Waals surface area contributed by atoms with Gasteiger partial charge in [-0.05, 0) is 30.6 Å². The van der Waals surface area contributed by atoms with Gasteiger partial charge in [-0.3, -0.25) is 0 Å². The van der Waals surface area contributed by atoms with E-state index in [1.54, 1.807) is 0 Å². The van der Waals surface area contributed by atoms with E-state index in [1.165, 1.54) is 17.9 Å². The van der Waals surface area contributed by atoms with E-state index in [1.807, 2.05) is 0 Å². The predicted molar refractivity (Wildman–Crippen MR) is 50.2 cm³/mol. The number of hydroxylamine groups is 2. The van der Waals surface area contributed by atoms with Gasteiger partial charge in [-0.25, -0.2) is 0 Å². The van der Waals surface area contributed by atoms with Gasteiger partial charge in [-0.2, -0.15) is 5.06 Å². The smallest absolute Gasteiger partial charge is 0.0266 e. The Hall–Kier alpha value is -0.0800. The Morgan fingerprint density at radius 1 is 1.42 bits per heavy atom. The van der Waals surface area contributed by atoms with E-state index in [4.69, 9.17) is 0 Å². The summed E-state index contributed by atoms with van der Waals surface area (Å²) in [7, 11) is 0. The van der Waals surface area contributed by atoms with Crippen molar-refractivity contribution in [2.45, 2.75) is 40.0 Å². The summed E-state index contributed by atoms with van der Waals surface area (Å²) in [4.78, 5) is 0. The standard InChI is InChI=1S/C10H21NO/c1-10(2,3)7-9-5-4-6-11(12)8-9/h9,12H,4-8H2,1-3H3. The second-order valence-electron chi connectivity index (χ2n) is 5.19. The molecule has 0 saturated carbocycles. The van der Waals surface area contributed by atoms with E-state index in [9.17, 15) is 5.21 Å². The summed E-state index contributed by atoms with van der Waals surface area (Å²) in [6, 6.07) is 0. The molecule has 1 fully saturated rings. The molecule has 12 heavy (non-hydrogen) atoms. The van der Waals surface area contributed by atoms with Gasteiger partial charge in [0.05, 0.1) is 0 Å². The Balaban J connectivity index is 2.32. The summed E-state index contributed by atoms with van der Waals surface area (Å²) in [5.41, 5.74) is 0.406. The molecule has 1 N–H and O–H groups in total. The lowest BCUT2D eigenvalue weighted by Gasteiger charge is -2.32. The molecule has 0 aromatic heterocycles. The SMILES string of the molecule is CC(C)(C)CC1CCCN(O)C1. The van der Waals surface area contributed by atoms with Crippen LogP contribution in [-0.2, 0) is 0 Å². The van der Waals surface area contributed by atoms with Gasteiger partial charge in [0.1, 0.15) is 0 Å². The van der Waals surface area contributed by atoms with Gasteiger partial charge in [-0.15, -0.1) is 0 Å². The highest BCUT2D eigenvalue weighted by atomic mass is 16.5. The first kappa shape index (κ1) is 10.0. The van der Waals surface area contributed by atoms with Crippen LogP contribution in [0.2, 0.25) is 0 Å². The van der Waals surface area contributed by atoms with Gasteiger partial charge in [0.25, 0.3) is 0 Å². The Bertz CT molecular complexity index is 139. The van der Waals surface area contributed by atoms with Crippen molar-refractivity contribution in [3.05, 3.63) is 0 Å². The van der Waals surface area contributed by atoms with Crippen LogP contribution in [0.1, 0.15) is 40.0 Å². The van der Waals surface area contributed by atoms with E-state index in [-0.39, 0.29) is 0 Å². The first-order valence-electron chi connectivity index (χ1n) is 4.91. The Morgan fingerprint density at radius 3 is 2.58 bits per heavy atom. The van der Waals surface area contributed by atoms with Crippen LogP contribution < -0.4 is 0 Å². The molecule has 0 amide bonds. The largest absolute Gasteiger partial charge is 0.314 e. The summed E-state index contributed by atoms with van der Waals surface area (Å²) in [6.45, 7) is 8.54. The third-order valence-electron chi connectivity index (χ3n) is 2.40. The minimum Gasteiger partial charge on any atom is -0.314 e. The van der Waals surface area contributed by atoms with E-state index < -0.39 is 0 Å². The molecule has 72 valence electrons. The van der Waals surface area contributed by atoms with Crippen molar-refractivity contribution in [3.8, 4) is 0 Å². The molecule has 0 aliphatic carbocycles. The van der Waals surface area contributed by atoms with Crippen molar-refractivity contribution in [1.82, 2.24) is 5.06 Å². The molecule has 2 heteroatoms. The monoisotopic (exact) mass is 171 g/mol. The summed E-state index contributed by atoms with van der Waals surface area (Å²) >= 11 is 0. The number of nitrogens with zero attached hydrogens (tertiary/aromatic N) is 1. The van der Waals surface area contributed by atoms with Crippen molar-refractivity contribution < 1.29 is 5.21 Å². The maximum Gasteiger partial charge on any atom is 0.0266 e. The molecule has 0 aromatic rings. The zero-order chi connectivity index (χ0) is 9.19. The number of piperidine rings is 1. The van der Waals surface area contributed by atoms with E-state index in [0.29, 0.717) is 11.3 Å². The zero-order valence-corrected chi connectivity index (χ0v) is 8.51. The Morgan fingerprint density at radius 2 is 2.08 bits per heavy atom. The second-order valence-corrected chi connectivity index (χ2v) is 5.19. The van der Waals surface area contributed by atoms with Crippen molar-refractivity contribution in [3.63, 3.8) is 0 Å². The summed E-state index contributed by atoms with van der Waals surface area (Å²) in [5, 5.41) is 10.8. The molecule has 0 bridgehead atoms. The quantitative estimate of drug-likeness (QED) is 0.655. The summed E-state index contributed by atoms with van der Waals surface area (Å²) in [6.07, 6.45) is 3.66. The molecule has 1 aliphatic rings. The van der Waals surface area contributed by atoms with E-state index >= 15 is 0 Å². The highest BCUT2D eigenvalue weighted by molar-refractivity contribution is 4.74. The maximum atomic E-state index is 9.31. The minimum atomic E-state index is 0.406. The van der Waals surface area contributed by atoms with Crippen molar-refractivity contribution in [2.75, 3.05) is 13.1 Å². The molecule has 1 unspecified atom stereocenters. The van der Waals surface area contributed by atoms with Crippen molar-refractivity contribution in [1.29, 1.82) is 0 Å². The Labute approximate surface area is 75.5 Å². The third kappa shape index (κ3) is 3.55. The Kier molecular flexibility index (Phi) is 3.13. The molecule has 2 nitrogen and oxygen atoms in total. The molecule has 1 atom stereocenters. The van der Waals surface area contributed by atoms with Crippen LogP contribution in [-0.4, -0.2) is 23.4 Å². The van der Waals surface area contributed by atoms with E-state index in [2.05, 4.69) is 20.8 Å². The van der Waals surface area contributed by atoms with Crippen molar-refractivity contribution in [2.24, 2.45) is 11.3 Å². The van der Waals surface area contributed by atoms with Crippen LogP contribution in [0.4, 0.5) is 0 Å². The summed E-state index contributed by atoms with van der Waals surface area (Å²) in [5.74, 6) is 0.698. The first-order chi connectivity index (χ1) is 5.47. The van der Waals surface area contributed by atoms with Crippen LogP contribution in [0, 0.1) is 11.3 Å². The van der Waals surface area contributed by atoms with Gasteiger partial charge in [0, 0.05) is 13.1 Å². The molecule has 0 radical (unpaired) electrons. The van der Waals surface area contributed by atoms with Crippen LogP contribution >= 0.6 is 0 Å². The second kappa shape index (κ2) is 3.75. The number of hydrogen-bond acceptors (Lipinski definition) is 2. The highest BCUT2D eigenvalue weighted by Gasteiger charge is 2.23. The van der Waals surface area contributed by atoms with Crippen LogP contribution in [0.15, 0.2) is 0 Å². The van der Waals surface area contributed by atoms with Gasteiger partial charge in [-0.1, -0.05) is 20.8 Å². The van der Waals surface area contributed by atoms with Crippen molar-refractivity contribution >= 4 is 0 Å². The fourth-order valence-corrected chi connectivity index (χ4v) is 2.08. The van der Waals surface area contributed by atoms with E-state index in [0.717, 1.165) is 19.5 Å². The summed E-state index contributed by atoms with van der Waals surface area (Å²) < 4.78 is 0. The third-order valence-corrected chi connectivity index (χ3v) is 2.40. The fraction of sp³-hybridized carbons (Fsp3) is 1.00. The lowest BCUT2D eigenvalue weighted by molar-refractivity contribution is -0.120. The first-order valence-corrected chi connectivity index (χ1v) is 4.91. The molecule has 1 aliphatic heterocycles. The topological polar surface area (TPSA) is 23.5 Å². The van der Waals surface area contributed by atoms with Gasteiger partial charge >= 0.3 is 0 Å². The molecule has 0 spiro atoms. The van der Waals surface area contributed by atoms with Gasteiger partial charge in [0.15, 0.2) is 0 Å². The highest BCUT2D eigenvalue weighted by Crippen LogP contribution is 2.29. The van der Waals surface area contributed by atoms with Gasteiger partial charge in [0.2, 0.25) is 0 Å². The lowest BCUT2D eigenvalue weighted by Crippen LogP contribution is -2.34. The molecular formula is C10H21NO. The predicted octanol–water partition coefficient (Wildman–Crippen LogP) is 2.52. The van der Waals surface area contributed by atoms with Crippen LogP contribution in [0.5, 0.6) is 0 Å². The fourth-order valence-electron chi connectivity index (χ4n) is 2.08. The number of hydrogen-bond donors (Lipinski definition) is 1. The molecular weight excluding hydrogens is 150 g/mol. The molecule has 1 rings (SSSR count). The number of rotatable bonds is 1. The van der Waals surface area contributed by atoms with Crippen LogP contribution in [0.25, 0.3) is 0 Å². The van der Waals surface area contributed by atoms with Crippen LogP contribution in [0.3, 0.4) is 0 Å². The molecule has 1 saturated heterocycles. The zero-order valence-electron chi connectivity index (χ0n) is 8.51. The van der Waals surface area contributed by atoms with Gasteiger partial charge < -0.3 is 5.21 Å². The molecule has 1 heterocycles. The minimum absolute atomic E-state index is 0.406. The molecule has 0 aromatic carbocycles. The maximum absolute atomic E-state index is 9.31. The normalized spacial score (nSPS) is 27.5. The average Bonchev–Trinajstić information content (AvgIpc) is 1.82. The lowest BCUT2D eigenvalue weighted by atomic mass is 9.81. The average molecular weight is 171 g/mol.